The topological polar surface area (TPSA) is 372 Å². The molecule has 0 spiro atoms. The number of amides is 3. The van der Waals surface area contributed by atoms with E-state index in [4.69, 9.17) is 62.7 Å². The molecule has 1 fully saturated rings. The summed E-state index contributed by atoms with van der Waals surface area (Å²) in [5, 5.41) is 79.7. The van der Waals surface area contributed by atoms with Crippen molar-refractivity contribution < 1.29 is 112 Å². The third kappa shape index (κ3) is 21.6. The van der Waals surface area contributed by atoms with E-state index < -0.39 is 132 Å². The van der Waals surface area contributed by atoms with Crippen molar-refractivity contribution >= 4 is 35.6 Å². The van der Waals surface area contributed by atoms with Crippen LogP contribution < -0.4 is 16.0 Å². The second kappa shape index (κ2) is 30.3. The van der Waals surface area contributed by atoms with Crippen LogP contribution in [0.5, 0.6) is 0 Å². The number of hydrogen-bond acceptors (Lipinski definition) is 23. The van der Waals surface area contributed by atoms with E-state index in [0.717, 1.165) is 0 Å². The number of esters is 3. The molecule has 0 saturated carbocycles. The van der Waals surface area contributed by atoms with Crippen LogP contribution >= 0.6 is 0 Å². The molecule has 72 heavy (non-hydrogen) atoms. The lowest BCUT2D eigenvalue weighted by molar-refractivity contribution is -0.291. The molecule has 0 aromatic carbocycles. The number of rotatable bonds is 37. The lowest BCUT2D eigenvalue weighted by atomic mass is 9.97. The van der Waals surface area contributed by atoms with Crippen LogP contribution in [-0.2, 0) is 76.1 Å². The largest absolute Gasteiger partial charge is 0.502 e. The third-order valence-electron chi connectivity index (χ3n) is 11.3. The van der Waals surface area contributed by atoms with Crippen molar-refractivity contribution in [3.05, 3.63) is 37.0 Å². The first-order chi connectivity index (χ1) is 33.5. The Balaban J connectivity index is 3.30. The molecule has 1 saturated heterocycles. The third-order valence-corrected chi connectivity index (χ3v) is 11.3. The summed E-state index contributed by atoms with van der Waals surface area (Å²) in [5.74, 6) is -12.8. The molecule has 1 rings (SSSR count). The van der Waals surface area contributed by atoms with Crippen molar-refractivity contribution in [2.75, 3.05) is 59.3 Å². The highest BCUT2D eigenvalue weighted by Crippen LogP contribution is 2.31. The van der Waals surface area contributed by atoms with Crippen molar-refractivity contribution in [3.63, 3.8) is 0 Å². The maximum absolute atomic E-state index is 13.1. The molecule has 3 amide bonds. The Hall–Kier alpha value is -5.00. The van der Waals surface area contributed by atoms with Gasteiger partial charge in [-0.2, -0.15) is 0 Å². The number of hydrogen-bond donors (Lipinski definition) is 10. The first kappa shape index (κ1) is 65.0. The summed E-state index contributed by atoms with van der Waals surface area (Å²) in [4.78, 5) is 73.5. The normalized spacial score (nSPS) is 20.6. The summed E-state index contributed by atoms with van der Waals surface area (Å²) in [6.45, 7) is 19.1. The minimum Gasteiger partial charge on any atom is -0.502 e. The average molecular weight is 1040 g/mol. The fraction of sp³-hybridized carbons (Fsp3) is 0.739. The summed E-state index contributed by atoms with van der Waals surface area (Å²) in [7, 11) is 0. The predicted molar refractivity (Wildman–Crippen MR) is 249 cm³/mol. The molecule has 0 bridgehead atoms. The summed E-state index contributed by atoms with van der Waals surface area (Å²) in [6, 6.07) is 0. The Labute approximate surface area is 418 Å². The van der Waals surface area contributed by atoms with Gasteiger partial charge in [-0.05, 0) is 66.2 Å². The molecule has 414 valence electrons. The molecule has 10 atom stereocenters. The van der Waals surface area contributed by atoms with Crippen LogP contribution in [0.2, 0.25) is 0 Å². The number of aliphatic hydroxyl groups is 7. The van der Waals surface area contributed by atoms with E-state index in [9.17, 15) is 49.2 Å². The quantitative estimate of drug-likeness (QED) is 0.0101. The van der Waals surface area contributed by atoms with E-state index in [1.165, 1.54) is 20.8 Å². The number of aliphatic hydroxyl groups excluding tert-OH is 5. The molecule has 0 aliphatic carbocycles. The van der Waals surface area contributed by atoms with Gasteiger partial charge in [0.2, 0.25) is 5.79 Å². The molecule has 1 aliphatic rings. The van der Waals surface area contributed by atoms with Gasteiger partial charge in [0.25, 0.3) is 17.7 Å². The van der Waals surface area contributed by atoms with Crippen molar-refractivity contribution in [1.29, 1.82) is 0 Å². The van der Waals surface area contributed by atoms with Crippen LogP contribution in [0, 0.1) is 0 Å². The van der Waals surface area contributed by atoms with Gasteiger partial charge in [0, 0.05) is 12.8 Å². The SMILES string of the molecule is C=C(O)C(=O)OCCNC(=O)C(C)(CC)OC(O)CC(O)(CC)OCC(COC(CC)C1OCC(C)(C(=O)NCCOC(=O)C(=C)O)O1)OC(C)(CC)CC(O)OC(O)(CC)C(=O)NCCOC(=O)C(=C)O. The molecule has 1 aliphatic heterocycles. The molecular weight excluding hydrogens is 963 g/mol. The zero-order chi connectivity index (χ0) is 55.1. The predicted octanol–water partition coefficient (Wildman–Crippen LogP) is 0.493. The minimum absolute atomic E-state index is 0.0445. The van der Waals surface area contributed by atoms with Gasteiger partial charge in [-0.3, -0.25) is 14.4 Å². The number of carbonyl (C=O) groups is 6. The maximum atomic E-state index is 13.1. The van der Waals surface area contributed by atoms with Crippen LogP contribution in [-0.4, -0.2) is 190 Å². The molecule has 10 unspecified atom stereocenters. The van der Waals surface area contributed by atoms with E-state index in [0.29, 0.717) is 0 Å². The maximum Gasteiger partial charge on any atom is 0.372 e. The van der Waals surface area contributed by atoms with Crippen LogP contribution in [0.15, 0.2) is 37.0 Å². The summed E-state index contributed by atoms with van der Waals surface area (Å²) in [6.07, 6.45) is -7.69. The second-order valence-electron chi connectivity index (χ2n) is 17.3. The Morgan fingerprint density at radius 3 is 1.64 bits per heavy atom. The van der Waals surface area contributed by atoms with E-state index >= 15 is 0 Å². The monoisotopic (exact) mass is 1040 g/mol. The van der Waals surface area contributed by atoms with Crippen molar-refractivity contribution in [2.24, 2.45) is 0 Å². The van der Waals surface area contributed by atoms with Gasteiger partial charge in [0.1, 0.15) is 37.6 Å². The van der Waals surface area contributed by atoms with Crippen LogP contribution in [0.3, 0.4) is 0 Å². The van der Waals surface area contributed by atoms with E-state index in [2.05, 4.69) is 35.7 Å². The number of ether oxygens (including phenoxy) is 10. The van der Waals surface area contributed by atoms with Crippen LogP contribution in [0.1, 0.15) is 100 Å². The van der Waals surface area contributed by atoms with Gasteiger partial charge in [0.05, 0.1) is 51.5 Å². The molecule has 0 aromatic heterocycles. The summed E-state index contributed by atoms with van der Waals surface area (Å²) >= 11 is 0. The molecule has 0 radical (unpaired) electrons. The van der Waals surface area contributed by atoms with Crippen LogP contribution in [0.4, 0.5) is 0 Å². The van der Waals surface area contributed by atoms with Gasteiger partial charge in [-0.25, -0.2) is 14.4 Å². The Morgan fingerprint density at radius 2 is 1.18 bits per heavy atom. The molecule has 10 N–H and O–H groups in total. The smallest absolute Gasteiger partial charge is 0.372 e. The van der Waals surface area contributed by atoms with Crippen molar-refractivity contribution in [1.82, 2.24) is 16.0 Å². The molecule has 1 heterocycles. The van der Waals surface area contributed by atoms with Gasteiger partial charge >= 0.3 is 17.9 Å². The zero-order valence-corrected chi connectivity index (χ0v) is 42.5. The summed E-state index contributed by atoms with van der Waals surface area (Å²) < 4.78 is 56.1. The first-order valence-corrected chi connectivity index (χ1v) is 23.4. The lowest BCUT2D eigenvalue weighted by Crippen LogP contribution is -2.52. The van der Waals surface area contributed by atoms with Gasteiger partial charge in [-0.15, -0.1) is 0 Å². The zero-order valence-electron chi connectivity index (χ0n) is 42.5. The standard InChI is InChI=1S/C46H77N3O23/c1-12-32(38-67-27-44(11,72-38)40(59)48-18-21-64-36(56)29(7)51)66-25-31(69-42(9,13-2)23-33(53)71-46(62,16-5)41(60)49-19-22-65-37(57)30(8)52)26-68-45(61,15-4)24-34(54)70-43(10,14-3)39(58)47-17-20-63-35(55)28(6)50/h31-34,38,50-54,61-62H,6-8,12-27H2,1-5,9-11H3,(H,47,58)(H,48,59)(H,49,60). The molecular formula is C46H77N3O23. The second-order valence-corrected chi connectivity index (χ2v) is 17.3. The first-order valence-electron chi connectivity index (χ1n) is 23.4. The van der Waals surface area contributed by atoms with E-state index in [1.807, 2.05) is 0 Å². The van der Waals surface area contributed by atoms with Crippen molar-refractivity contribution in [2.45, 2.75) is 160 Å². The highest BCUT2D eigenvalue weighted by Gasteiger charge is 2.47. The molecule has 0 aromatic rings. The van der Waals surface area contributed by atoms with Gasteiger partial charge in [-0.1, -0.05) is 34.6 Å². The Kier molecular flexibility index (Phi) is 27.3. The van der Waals surface area contributed by atoms with E-state index in [1.54, 1.807) is 34.6 Å². The fourth-order valence-corrected chi connectivity index (χ4v) is 6.37. The summed E-state index contributed by atoms with van der Waals surface area (Å²) in [5.41, 5.74) is -4.52. The van der Waals surface area contributed by atoms with Gasteiger partial charge < -0.3 is 99.1 Å². The van der Waals surface area contributed by atoms with E-state index in [-0.39, 0.29) is 84.6 Å². The number of carbonyl (C=O) groups excluding carboxylic acids is 6. The van der Waals surface area contributed by atoms with Crippen LogP contribution in [0.25, 0.3) is 0 Å². The fourth-order valence-electron chi connectivity index (χ4n) is 6.37. The molecule has 26 nitrogen and oxygen atoms in total. The molecule has 26 heteroatoms. The minimum atomic E-state index is -2.58. The Bertz CT molecular complexity index is 1840. The number of nitrogens with one attached hydrogen (secondary N) is 3. The van der Waals surface area contributed by atoms with Gasteiger partial charge in [0.15, 0.2) is 47.5 Å². The highest BCUT2D eigenvalue weighted by molar-refractivity contribution is 5.87. The average Bonchev–Trinajstić information content (AvgIpc) is 3.73. The van der Waals surface area contributed by atoms with Crippen molar-refractivity contribution in [3.8, 4) is 0 Å². The Morgan fingerprint density at radius 1 is 0.681 bits per heavy atom. The highest BCUT2D eigenvalue weighted by atomic mass is 16.8. The lowest BCUT2D eigenvalue weighted by Gasteiger charge is -2.38.